The lowest BCUT2D eigenvalue weighted by atomic mass is 10.1. The van der Waals surface area contributed by atoms with Gasteiger partial charge in [0.2, 0.25) is 0 Å². The van der Waals surface area contributed by atoms with Gasteiger partial charge in [-0.05, 0) is 31.4 Å². The first kappa shape index (κ1) is 13.3. The molecule has 0 spiro atoms. The molecule has 0 radical (unpaired) electrons. The number of nitrogens with zero attached hydrogens (tertiary/aromatic N) is 2. The molecule has 0 saturated carbocycles. The summed E-state index contributed by atoms with van der Waals surface area (Å²) in [5.41, 5.74) is 6.72. The second-order valence-electron chi connectivity index (χ2n) is 4.84. The molecule has 0 aromatic carbocycles. The molecule has 1 fully saturated rings. The quantitative estimate of drug-likeness (QED) is 0.852. The number of pyridine rings is 1. The molecule has 18 heavy (non-hydrogen) atoms. The smallest absolute Gasteiger partial charge is 0.139 e. The molecule has 1 aromatic rings. The van der Waals surface area contributed by atoms with Crippen LogP contribution in [0.1, 0.15) is 44.6 Å². The highest BCUT2D eigenvalue weighted by Crippen LogP contribution is 2.26. The van der Waals surface area contributed by atoms with Gasteiger partial charge < -0.3 is 10.6 Å². The fourth-order valence-corrected chi connectivity index (χ4v) is 2.86. The van der Waals surface area contributed by atoms with Crippen molar-refractivity contribution in [3.8, 4) is 0 Å². The third-order valence-electron chi connectivity index (χ3n) is 3.67. The van der Waals surface area contributed by atoms with Crippen molar-refractivity contribution in [1.29, 1.82) is 0 Å². The van der Waals surface area contributed by atoms with Gasteiger partial charge in [-0.2, -0.15) is 0 Å². The van der Waals surface area contributed by atoms with Gasteiger partial charge in [-0.3, -0.25) is 0 Å². The standard InChI is InChI=1S/C14H21N3S/c1-2-11-7-4-3-5-10-17(11)14-12(13(15)18)8-6-9-16-14/h6,8-9,11H,2-5,7,10H2,1H3,(H2,15,18). The average molecular weight is 263 g/mol. The molecule has 1 aromatic heterocycles. The Kier molecular flexibility index (Phi) is 4.53. The predicted molar refractivity (Wildman–Crippen MR) is 80.0 cm³/mol. The third-order valence-corrected chi connectivity index (χ3v) is 3.89. The molecular formula is C14H21N3S. The summed E-state index contributed by atoms with van der Waals surface area (Å²) >= 11 is 5.14. The van der Waals surface area contributed by atoms with Crippen molar-refractivity contribution in [2.24, 2.45) is 5.73 Å². The van der Waals surface area contributed by atoms with Crippen LogP contribution < -0.4 is 10.6 Å². The van der Waals surface area contributed by atoms with E-state index in [1.807, 2.05) is 18.3 Å². The van der Waals surface area contributed by atoms with Crippen LogP contribution in [0.15, 0.2) is 18.3 Å². The summed E-state index contributed by atoms with van der Waals surface area (Å²) in [5, 5.41) is 0. The second kappa shape index (κ2) is 6.14. The SMILES string of the molecule is CCC1CCCCCN1c1ncccc1C(N)=S. The number of rotatable bonds is 3. The van der Waals surface area contributed by atoms with E-state index in [1.165, 1.54) is 25.7 Å². The second-order valence-corrected chi connectivity index (χ2v) is 5.28. The normalized spacial score (nSPS) is 20.5. The Morgan fingerprint density at radius 1 is 1.50 bits per heavy atom. The summed E-state index contributed by atoms with van der Waals surface area (Å²) in [5.74, 6) is 0.971. The largest absolute Gasteiger partial charge is 0.389 e. The van der Waals surface area contributed by atoms with E-state index >= 15 is 0 Å². The van der Waals surface area contributed by atoms with Crippen LogP contribution in [-0.4, -0.2) is 22.6 Å². The summed E-state index contributed by atoms with van der Waals surface area (Å²) in [4.78, 5) is 7.37. The van der Waals surface area contributed by atoms with Crippen molar-refractivity contribution >= 4 is 23.0 Å². The van der Waals surface area contributed by atoms with Gasteiger partial charge >= 0.3 is 0 Å². The van der Waals surface area contributed by atoms with E-state index in [-0.39, 0.29) is 0 Å². The maximum atomic E-state index is 5.81. The Morgan fingerprint density at radius 3 is 3.06 bits per heavy atom. The summed E-state index contributed by atoms with van der Waals surface area (Å²) in [7, 11) is 0. The number of thiocarbonyl (C=S) groups is 1. The Labute approximate surface area is 114 Å². The Morgan fingerprint density at radius 2 is 2.33 bits per heavy atom. The van der Waals surface area contributed by atoms with E-state index < -0.39 is 0 Å². The van der Waals surface area contributed by atoms with Crippen molar-refractivity contribution in [3.05, 3.63) is 23.9 Å². The zero-order valence-electron chi connectivity index (χ0n) is 10.9. The first-order valence-corrected chi connectivity index (χ1v) is 7.16. The molecule has 2 heterocycles. The molecule has 1 aliphatic rings. The first-order valence-electron chi connectivity index (χ1n) is 6.75. The number of hydrogen-bond donors (Lipinski definition) is 1. The number of aromatic nitrogens is 1. The summed E-state index contributed by atoms with van der Waals surface area (Å²) in [6.45, 7) is 3.30. The van der Waals surface area contributed by atoms with Crippen molar-refractivity contribution in [1.82, 2.24) is 4.98 Å². The van der Waals surface area contributed by atoms with Gasteiger partial charge in [0, 0.05) is 18.8 Å². The van der Waals surface area contributed by atoms with Crippen LogP contribution in [0.4, 0.5) is 5.82 Å². The van der Waals surface area contributed by atoms with Crippen molar-refractivity contribution in [2.75, 3.05) is 11.4 Å². The van der Waals surface area contributed by atoms with E-state index in [0.29, 0.717) is 11.0 Å². The fourth-order valence-electron chi connectivity index (χ4n) is 2.70. The van der Waals surface area contributed by atoms with Crippen LogP contribution in [-0.2, 0) is 0 Å². The van der Waals surface area contributed by atoms with Crippen molar-refractivity contribution in [2.45, 2.75) is 45.1 Å². The van der Waals surface area contributed by atoms with E-state index in [4.69, 9.17) is 18.0 Å². The molecule has 1 unspecified atom stereocenters. The lowest BCUT2D eigenvalue weighted by molar-refractivity contribution is 0.552. The highest BCUT2D eigenvalue weighted by atomic mass is 32.1. The molecule has 0 aliphatic carbocycles. The van der Waals surface area contributed by atoms with Gasteiger partial charge in [-0.25, -0.2) is 4.98 Å². The maximum Gasteiger partial charge on any atom is 0.139 e. The van der Waals surface area contributed by atoms with Crippen LogP contribution >= 0.6 is 12.2 Å². The predicted octanol–water partition coefficient (Wildman–Crippen LogP) is 2.87. The lowest BCUT2D eigenvalue weighted by Gasteiger charge is -2.31. The number of nitrogens with two attached hydrogens (primary N) is 1. The Balaban J connectivity index is 2.35. The molecule has 98 valence electrons. The van der Waals surface area contributed by atoms with Crippen molar-refractivity contribution in [3.63, 3.8) is 0 Å². The summed E-state index contributed by atoms with van der Waals surface area (Å²) in [6, 6.07) is 4.44. The molecule has 1 aliphatic heterocycles. The van der Waals surface area contributed by atoms with Crippen molar-refractivity contribution < 1.29 is 0 Å². The van der Waals surface area contributed by atoms with Crippen LogP contribution in [0, 0.1) is 0 Å². The summed E-state index contributed by atoms with van der Waals surface area (Å²) < 4.78 is 0. The molecule has 0 bridgehead atoms. The molecule has 2 N–H and O–H groups in total. The van der Waals surface area contributed by atoms with Gasteiger partial charge in [-0.15, -0.1) is 0 Å². The van der Waals surface area contributed by atoms with Gasteiger partial charge in [0.15, 0.2) is 0 Å². The van der Waals surface area contributed by atoms with E-state index in [2.05, 4.69) is 16.8 Å². The van der Waals surface area contributed by atoms with E-state index in [0.717, 1.165) is 24.3 Å². The van der Waals surface area contributed by atoms with Crippen LogP contribution in [0.2, 0.25) is 0 Å². The minimum Gasteiger partial charge on any atom is -0.389 e. The van der Waals surface area contributed by atoms with Gasteiger partial charge in [0.05, 0.1) is 5.56 Å². The minimum absolute atomic E-state index is 0.442. The molecule has 4 heteroatoms. The van der Waals surface area contributed by atoms with Crippen LogP contribution in [0.5, 0.6) is 0 Å². The minimum atomic E-state index is 0.442. The first-order chi connectivity index (χ1) is 8.74. The molecular weight excluding hydrogens is 242 g/mol. The maximum absolute atomic E-state index is 5.81. The monoisotopic (exact) mass is 263 g/mol. The molecule has 1 atom stereocenters. The zero-order chi connectivity index (χ0) is 13.0. The van der Waals surface area contributed by atoms with Crippen LogP contribution in [0.3, 0.4) is 0 Å². The van der Waals surface area contributed by atoms with Gasteiger partial charge in [0.1, 0.15) is 10.8 Å². The molecule has 3 nitrogen and oxygen atoms in total. The zero-order valence-corrected chi connectivity index (χ0v) is 11.7. The average Bonchev–Trinajstić information content (AvgIpc) is 2.63. The van der Waals surface area contributed by atoms with Crippen LogP contribution in [0.25, 0.3) is 0 Å². The van der Waals surface area contributed by atoms with E-state index in [9.17, 15) is 0 Å². The highest BCUT2D eigenvalue weighted by Gasteiger charge is 2.23. The lowest BCUT2D eigenvalue weighted by Crippen LogP contribution is -2.36. The highest BCUT2D eigenvalue weighted by molar-refractivity contribution is 7.80. The fraction of sp³-hybridized carbons (Fsp3) is 0.571. The van der Waals surface area contributed by atoms with Gasteiger partial charge in [-0.1, -0.05) is 32.0 Å². The molecule has 0 amide bonds. The third kappa shape index (κ3) is 2.80. The topological polar surface area (TPSA) is 42.2 Å². The van der Waals surface area contributed by atoms with E-state index in [1.54, 1.807) is 0 Å². The number of anilines is 1. The Hall–Kier alpha value is -1.16. The van der Waals surface area contributed by atoms with Gasteiger partial charge in [0.25, 0.3) is 0 Å². The Bertz CT molecular complexity index is 419. The molecule has 2 rings (SSSR count). The number of hydrogen-bond acceptors (Lipinski definition) is 3. The summed E-state index contributed by atoms with van der Waals surface area (Å²) in [6.07, 6.45) is 8.06. The molecule has 1 saturated heterocycles.